The molecule has 0 spiro atoms. The Morgan fingerprint density at radius 1 is 1.10 bits per heavy atom. The number of nitrogens with one attached hydrogen (secondary N) is 1. The summed E-state index contributed by atoms with van der Waals surface area (Å²) in [4.78, 5) is 12.2. The molecule has 0 aromatic heterocycles. The number of hydrogen-bond donors (Lipinski definition) is 2. The van der Waals surface area contributed by atoms with Gasteiger partial charge in [-0.1, -0.05) is 33.6 Å². The number of anilines is 1. The maximum atomic E-state index is 12.2. The third-order valence-corrected chi connectivity index (χ3v) is 3.61. The fourth-order valence-electron chi connectivity index (χ4n) is 2.25. The first-order chi connectivity index (χ1) is 9.38. The van der Waals surface area contributed by atoms with Crippen LogP contribution in [0.1, 0.15) is 27.0 Å². The number of rotatable bonds is 2. The Kier molecular flexibility index (Phi) is 4.14. The van der Waals surface area contributed by atoms with E-state index in [9.17, 15) is 9.90 Å². The van der Waals surface area contributed by atoms with Crippen LogP contribution in [0.25, 0.3) is 0 Å². The topological polar surface area (TPSA) is 49.3 Å². The van der Waals surface area contributed by atoms with Crippen molar-refractivity contribution in [2.24, 2.45) is 0 Å². The van der Waals surface area contributed by atoms with Crippen molar-refractivity contribution in [1.29, 1.82) is 0 Å². The number of phenolic OH excluding ortho intramolecular Hbond substituents is 1. The SMILES string of the molecule is Cc1cc(C)c(NC(=O)c2ccc(Br)cc2O)c(C)c1. The highest BCUT2D eigenvalue weighted by molar-refractivity contribution is 9.10. The molecule has 0 aliphatic rings. The van der Waals surface area contributed by atoms with Crippen molar-refractivity contribution < 1.29 is 9.90 Å². The third-order valence-electron chi connectivity index (χ3n) is 3.12. The molecular formula is C16H16BrNO2. The van der Waals surface area contributed by atoms with E-state index in [4.69, 9.17) is 0 Å². The molecule has 0 atom stereocenters. The second-order valence-corrected chi connectivity index (χ2v) is 5.80. The van der Waals surface area contributed by atoms with E-state index in [1.807, 2.05) is 32.9 Å². The molecule has 0 aliphatic carbocycles. The molecule has 2 N–H and O–H groups in total. The van der Waals surface area contributed by atoms with Gasteiger partial charge < -0.3 is 10.4 Å². The summed E-state index contributed by atoms with van der Waals surface area (Å²) in [7, 11) is 0. The van der Waals surface area contributed by atoms with E-state index in [1.54, 1.807) is 12.1 Å². The standard InChI is InChI=1S/C16H16BrNO2/c1-9-6-10(2)15(11(3)7-9)18-16(20)13-5-4-12(17)8-14(13)19/h4-8,19H,1-3H3,(H,18,20). The molecular weight excluding hydrogens is 318 g/mol. The zero-order valence-corrected chi connectivity index (χ0v) is 13.2. The van der Waals surface area contributed by atoms with E-state index < -0.39 is 0 Å². The summed E-state index contributed by atoms with van der Waals surface area (Å²) < 4.78 is 0.731. The molecule has 0 unspecified atom stereocenters. The maximum absolute atomic E-state index is 12.2. The molecule has 0 bridgehead atoms. The van der Waals surface area contributed by atoms with Crippen LogP contribution in [0.4, 0.5) is 5.69 Å². The van der Waals surface area contributed by atoms with Gasteiger partial charge in [0, 0.05) is 10.2 Å². The molecule has 0 saturated carbocycles. The van der Waals surface area contributed by atoms with Gasteiger partial charge in [0.15, 0.2) is 0 Å². The Bertz CT molecular complexity index is 657. The van der Waals surface area contributed by atoms with Crippen LogP contribution >= 0.6 is 15.9 Å². The second-order valence-electron chi connectivity index (χ2n) is 4.89. The molecule has 0 heterocycles. The minimum atomic E-state index is -0.315. The molecule has 0 radical (unpaired) electrons. The van der Waals surface area contributed by atoms with Crippen molar-refractivity contribution in [1.82, 2.24) is 0 Å². The van der Waals surface area contributed by atoms with Gasteiger partial charge in [-0.05, 0) is 50.1 Å². The van der Waals surface area contributed by atoms with Gasteiger partial charge in [-0.3, -0.25) is 4.79 Å². The number of benzene rings is 2. The summed E-state index contributed by atoms with van der Waals surface area (Å²) in [6.07, 6.45) is 0. The first kappa shape index (κ1) is 14.6. The zero-order chi connectivity index (χ0) is 14.9. The summed E-state index contributed by atoms with van der Waals surface area (Å²) in [5, 5.41) is 12.7. The number of amides is 1. The maximum Gasteiger partial charge on any atom is 0.259 e. The second kappa shape index (κ2) is 5.67. The summed E-state index contributed by atoms with van der Waals surface area (Å²) in [6.45, 7) is 5.93. The quantitative estimate of drug-likeness (QED) is 0.859. The van der Waals surface area contributed by atoms with Crippen molar-refractivity contribution in [3.63, 3.8) is 0 Å². The van der Waals surface area contributed by atoms with Crippen LogP contribution in [-0.4, -0.2) is 11.0 Å². The predicted octanol–water partition coefficient (Wildman–Crippen LogP) is 4.33. The van der Waals surface area contributed by atoms with Crippen LogP contribution in [0.2, 0.25) is 0 Å². The monoisotopic (exact) mass is 333 g/mol. The first-order valence-corrected chi connectivity index (χ1v) is 7.05. The predicted molar refractivity (Wildman–Crippen MR) is 84.4 cm³/mol. The molecule has 0 saturated heterocycles. The highest BCUT2D eigenvalue weighted by atomic mass is 79.9. The minimum absolute atomic E-state index is 0.0423. The van der Waals surface area contributed by atoms with Crippen LogP contribution in [-0.2, 0) is 0 Å². The average molecular weight is 334 g/mol. The smallest absolute Gasteiger partial charge is 0.259 e. The molecule has 2 aromatic carbocycles. The largest absolute Gasteiger partial charge is 0.507 e. The Morgan fingerprint density at radius 3 is 2.25 bits per heavy atom. The van der Waals surface area contributed by atoms with Gasteiger partial charge in [0.1, 0.15) is 5.75 Å². The molecule has 0 aliphatic heterocycles. The van der Waals surface area contributed by atoms with Crippen LogP contribution in [0.3, 0.4) is 0 Å². The molecule has 1 amide bonds. The molecule has 4 heteroatoms. The lowest BCUT2D eigenvalue weighted by Crippen LogP contribution is -2.14. The summed E-state index contributed by atoms with van der Waals surface area (Å²) in [5.74, 6) is -0.357. The van der Waals surface area contributed by atoms with Gasteiger partial charge in [0.25, 0.3) is 5.91 Å². The Morgan fingerprint density at radius 2 is 1.70 bits per heavy atom. The Labute approximate surface area is 126 Å². The van der Waals surface area contributed by atoms with Crippen molar-refractivity contribution in [2.45, 2.75) is 20.8 Å². The zero-order valence-electron chi connectivity index (χ0n) is 11.6. The normalized spacial score (nSPS) is 10.4. The number of halogens is 1. The Balaban J connectivity index is 2.33. The highest BCUT2D eigenvalue weighted by Crippen LogP contribution is 2.26. The van der Waals surface area contributed by atoms with Crippen LogP contribution in [0.5, 0.6) is 5.75 Å². The molecule has 20 heavy (non-hydrogen) atoms. The lowest BCUT2D eigenvalue weighted by atomic mass is 10.0. The van der Waals surface area contributed by atoms with Gasteiger partial charge in [-0.2, -0.15) is 0 Å². The molecule has 104 valence electrons. The molecule has 2 aromatic rings. The first-order valence-electron chi connectivity index (χ1n) is 6.26. The minimum Gasteiger partial charge on any atom is -0.507 e. The van der Waals surface area contributed by atoms with Gasteiger partial charge in [0.05, 0.1) is 5.56 Å². The van der Waals surface area contributed by atoms with Crippen molar-refractivity contribution in [3.05, 3.63) is 57.1 Å². The van der Waals surface area contributed by atoms with E-state index in [-0.39, 0.29) is 17.2 Å². The number of carbonyl (C=O) groups is 1. The molecule has 2 rings (SSSR count). The summed E-state index contributed by atoms with van der Waals surface area (Å²) in [6, 6.07) is 8.86. The van der Waals surface area contributed by atoms with Crippen molar-refractivity contribution in [3.8, 4) is 5.75 Å². The van der Waals surface area contributed by atoms with Gasteiger partial charge in [-0.15, -0.1) is 0 Å². The Hall–Kier alpha value is -1.81. The fourth-order valence-corrected chi connectivity index (χ4v) is 2.60. The van der Waals surface area contributed by atoms with Crippen LogP contribution in [0.15, 0.2) is 34.8 Å². The van der Waals surface area contributed by atoms with Gasteiger partial charge >= 0.3 is 0 Å². The van der Waals surface area contributed by atoms with Gasteiger partial charge in [-0.25, -0.2) is 0 Å². The lowest BCUT2D eigenvalue weighted by molar-refractivity contribution is 0.102. The third kappa shape index (κ3) is 3.02. The average Bonchev–Trinajstić information content (AvgIpc) is 2.33. The van der Waals surface area contributed by atoms with E-state index >= 15 is 0 Å². The van der Waals surface area contributed by atoms with Crippen molar-refractivity contribution in [2.75, 3.05) is 5.32 Å². The van der Waals surface area contributed by atoms with Crippen LogP contribution < -0.4 is 5.32 Å². The van der Waals surface area contributed by atoms with Crippen LogP contribution in [0, 0.1) is 20.8 Å². The number of carbonyl (C=O) groups excluding carboxylic acids is 1. The fraction of sp³-hybridized carbons (Fsp3) is 0.188. The number of phenols is 1. The highest BCUT2D eigenvalue weighted by Gasteiger charge is 2.14. The summed E-state index contributed by atoms with van der Waals surface area (Å²) >= 11 is 3.25. The summed E-state index contributed by atoms with van der Waals surface area (Å²) in [5.41, 5.74) is 4.22. The number of aromatic hydroxyl groups is 1. The molecule has 0 fully saturated rings. The van der Waals surface area contributed by atoms with E-state index in [0.717, 1.165) is 26.9 Å². The molecule has 3 nitrogen and oxygen atoms in total. The van der Waals surface area contributed by atoms with Gasteiger partial charge in [0.2, 0.25) is 0 Å². The van der Waals surface area contributed by atoms with Crippen molar-refractivity contribution >= 4 is 27.5 Å². The van der Waals surface area contributed by atoms with E-state index in [0.29, 0.717) is 0 Å². The number of aryl methyl sites for hydroxylation is 3. The van der Waals surface area contributed by atoms with E-state index in [2.05, 4.69) is 21.2 Å². The lowest BCUT2D eigenvalue weighted by Gasteiger charge is -2.13. The number of hydrogen-bond acceptors (Lipinski definition) is 2. The van der Waals surface area contributed by atoms with E-state index in [1.165, 1.54) is 6.07 Å².